The molecule has 2 heteroatoms. The molecular weight excluding hydrogens is 543 g/mol. The van der Waals surface area contributed by atoms with Crippen molar-refractivity contribution in [2.45, 2.75) is 0 Å². The van der Waals surface area contributed by atoms with E-state index in [1.54, 1.807) is 36.9 Å². The third-order valence-corrected chi connectivity index (χ3v) is 3.76. The van der Waals surface area contributed by atoms with Gasteiger partial charge in [0, 0.05) is 0 Å². The Balaban J connectivity index is 0.000000171. The van der Waals surface area contributed by atoms with E-state index in [1.165, 1.54) is 22.3 Å². The van der Waals surface area contributed by atoms with Crippen molar-refractivity contribution < 1.29 is 0 Å². The van der Waals surface area contributed by atoms with E-state index in [4.69, 9.17) is 0 Å². The van der Waals surface area contributed by atoms with E-state index in [9.17, 15) is 0 Å². The van der Waals surface area contributed by atoms with E-state index < -0.39 is 0 Å². The number of hydrogen-bond acceptors (Lipinski definition) is 0. The Kier molecular flexibility index (Phi) is 10.2. The molecule has 26 heavy (non-hydrogen) atoms. The summed E-state index contributed by atoms with van der Waals surface area (Å²) in [5.74, 6) is 0. The van der Waals surface area contributed by atoms with Crippen LogP contribution < -0.4 is 0 Å². The Bertz CT molecular complexity index is 680. The van der Waals surface area contributed by atoms with Crippen LogP contribution in [0.1, 0.15) is 0 Å². The van der Waals surface area contributed by atoms with Gasteiger partial charge in [-0.2, -0.15) is 0 Å². The molecule has 4 aromatic rings. The van der Waals surface area contributed by atoms with Crippen LogP contribution in [0.15, 0.2) is 121 Å². The maximum atomic E-state index is 2.12. The van der Waals surface area contributed by atoms with E-state index in [0.717, 1.165) is 0 Å². The molecule has 0 amide bonds. The quantitative estimate of drug-likeness (QED) is 0.285. The molecule has 0 aliphatic carbocycles. The van der Waals surface area contributed by atoms with E-state index in [0.29, 0.717) is 0 Å². The average molecular weight is 566 g/mol. The molecule has 0 atom stereocenters. The van der Waals surface area contributed by atoms with Gasteiger partial charge in [-0.25, -0.2) is 0 Å². The number of rotatable bonds is 2. The van der Waals surface area contributed by atoms with Crippen molar-refractivity contribution in [3.8, 4) is 22.3 Å². The molecule has 0 heterocycles. The van der Waals surface area contributed by atoms with Gasteiger partial charge in [-0.15, -0.1) is 0 Å². The van der Waals surface area contributed by atoms with E-state index in [2.05, 4.69) is 97.1 Å². The summed E-state index contributed by atoms with van der Waals surface area (Å²) in [7, 11) is 0. The summed E-state index contributed by atoms with van der Waals surface area (Å²) in [4.78, 5) is 0. The van der Waals surface area contributed by atoms with Gasteiger partial charge in [0.2, 0.25) is 0 Å². The van der Waals surface area contributed by atoms with Gasteiger partial charge in [0.05, 0.1) is 0 Å². The summed E-state index contributed by atoms with van der Waals surface area (Å²) in [5, 5.41) is 0. The second-order valence-corrected chi connectivity index (χ2v) is 5.46. The SMILES string of the molecule is [TeH][TeH].c1ccc(-c2ccccc2)cc1.c1ccc(-c2ccccc2)cc1. The molecule has 0 saturated heterocycles. The van der Waals surface area contributed by atoms with Crippen LogP contribution in [0, 0.1) is 0 Å². The van der Waals surface area contributed by atoms with Gasteiger partial charge in [0.25, 0.3) is 0 Å². The van der Waals surface area contributed by atoms with Crippen molar-refractivity contribution >= 4 is 36.9 Å². The molecule has 0 bridgehead atoms. The molecule has 130 valence electrons. The average Bonchev–Trinajstić information content (AvgIpc) is 2.78. The molecule has 0 N–H and O–H groups in total. The third kappa shape index (κ3) is 6.99. The predicted octanol–water partition coefficient (Wildman–Crippen LogP) is 5.41. The first-order chi connectivity index (χ1) is 12.9. The first-order valence-electron chi connectivity index (χ1n) is 8.34. The molecule has 0 unspecified atom stereocenters. The van der Waals surface area contributed by atoms with Crippen molar-refractivity contribution in [3.05, 3.63) is 121 Å². The smallest absolute Gasteiger partial charge is 0.0184 e. The third-order valence-electron chi connectivity index (χ3n) is 3.76. The minimum absolute atomic E-state index is 1.28. The van der Waals surface area contributed by atoms with Crippen LogP contribution in [0.4, 0.5) is 0 Å². The Hall–Kier alpha value is -1.54. The van der Waals surface area contributed by atoms with Gasteiger partial charge in [-0.1, -0.05) is 121 Å². The Morgan fingerprint density at radius 2 is 0.423 bits per heavy atom. The van der Waals surface area contributed by atoms with Crippen molar-refractivity contribution in [2.24, 2.45) is 0 Å². The summed E-state index contributed by atoms with van der Waals surface area (Å²) in [6, 6.07) is 41.6. The summed E-state index contributed by atoms with van der Waals surface area (Å²) in [6.07, 6.45) is 0. The molecule has 0 radical (unpaired) electrons. The normalized spacial score (nSPS) is 9.15. The minimum Gasteiger partial charge on any atom is -0.0622 e. The molecule has 0 aromatic heterocycles. The monoisotopic (exact) mass is 570 g/mol. The summed E-state index contributed by atoms with van der Waals surface area (Å²) < 4.78 is 0. The summed E-state index contributed by atoms with van der Waals surface area (Å²) in [6.45, 7) is 0. The maximum absolute atomic E-state index is 2.12. The molecular formula is C24H22Te2. The van der Waals surface area contributed by atoms with Crippen molar-refractivity contribution in [1.82, 2.24) is 0 Å². The van der Waals surface area contributed by atoms with Gasteiger partial charge in [0.15, 0.2) is 0 Å². The molecule has 0 fully saturated rings. The number of hydrogen-bond donors (Lipinski definition) is 0. The Labute approximate surface area is 179 Å². The topological polar surface area (TPSA) is 0 Å². The molecule has 4 rings (SSSR count). The molecule has 0 aliphatic rings. The Morgan fingerprint density at radius 1 is 0.269 bits per heavy atom. The van der Waals surface area contributed by atoms with E-state index in [1.807, 2.05) is 24.3 Å². The zero-order valence-corrected chi connectivity index (χ0v) is 19.5. The van der Waals surface area contributed by atoms with E-state index in [-0.39, 0.29) is 0 Å². The zero-order chi connectivity index (χ0) is 18.5. The van der Waals surface area contributed by atoms with Crippen LogP contribution in [0.2, 0.25) is 0 Å². The van der Waals surface area contributed by atoms with Crippen LogP contribution in [0.5, 0.6) is 0 Å². The maximum Gasteiger partial charge on any atom is -0.0184 e. The van der Waals surface area contributed by atoms with Crippen molar-refractivity contribution in [2.75, 3.05) is 0 Å². The van der Waals surface area contributed by atoms with Crippen LogP contribution in [-0.4, -0.2) is 36.9 Å². The fourth-order valence-corrected chi connectivity index (χ4v) is 2.52. The summed E-state index contributed by atoms with van der Waals surface area (Å²) in [5.41, 5.74) is 5.10. The molecule has 0 aliphatic heterocycles. The zero-order valence-electron chi connectivity index (χ0n) is 14.4. The van der Waals surface area contributed by atoms with Gasteiger partial charge >= 0.3 is 36.9 Å². The van der Waals surface area contributed by atoms with Crippen molar-refractivity contribution in [1.29, 1.82) is 0 Å². The van der Waals surface area contributed by atoms with Gasteiger partial charge in [-0.05, 0) is 22.3 Å². The fraction of sp³-hybridized carbons (Fsp3) is 0. The van der Waals surface area contributed by atoms with Gasteiger partial charge < -0.3 is 0 Å². The molecule has 0 saturated carbocycles. The Morgan fingerprint density at radius 3 is 0.577 bits per heavy atom. The van der Waals surface area contributed by atoms with Crippen LogP contribution in [-0.2, 0) is 0 Å². The van der Waals surface area contributed by atoms with Crippen LogP contribution in [0.3, 0.4) is 0 Å². The van der Waals surface area contributed by atoms with Crippen molar-refractivity contribution in [3.63, 3.8) is 0 Å². The fourth-order valence-electron chi connectivity index (χ4n) is 2.52. The first-order valence-corrected chi connectivity index (χ1v) is 17.1. The molecule has 4 aromatic carbocycles. The van der Waals surface area contributed by atoms with Crippen LogP contribution >= 0.6 is 0 Å². The second kappa shape index (κ2) is 12.8. The van der Waals surface area contributed by atoms with Gasteiger partial charge in [0.1, 0.15) is 0 Å². The standard InChI is InChI=1S/2C12H10.H2Te2/c2*1-3-7-11(8-4-1)12-9-5-2-6-10-12;1-2/h2*1-10H;1-2H. The molecule has 0 nitrogen and oxygen atoms in total. The predicted molar refractivity (Wildman–Crippen MR) is 118 cm³/mol. The first kappa shape index (κ1) is 20.8. The van der Waals surface area contributed by atoms with E-state index >= 15 is 0 Å². The largest absolute Gasteiger partial charge is 0.0622 e. The second-order valence-electron chi connectivity index (χ2n) is 5.46. The minimum atomic E-state index is 1.28. The molecule has 0 spiro atoms. The van der Waals surface area contributed by atoms with Crippen LogP contribution in [0.25, 0.3) is 22.3 Å². The number of benzene rings is 4. The van der Waals surface area contributed by atoms with Gasteiger partial charge in [-0.3, -0.25) is 0 Å². The summed E-state index contributed by atoms with van der Waals surface area (Å²) >= 11 is 3.60.